The van der Waals surface area contributed by atoms with Crippen molar-refractivity contribution in [1.29, 1.82) is 0 Å². The molecular formula is C18H24N4O4S. The number of carbonyl (C=O) groups is 1. The van der Waals surface area contributed by atoms with Gasteiger partial charge >= 0.3 is 5.97 Å². The summed E-state index contributed by atoms with van der Waals surface area (Å²) >= 11 is 0. The number of carboxylic acid groups (broad SMARTS) is 1. The van der Waals surface area contributed by atoms with E-state index in [1.54, 1.807) is 0 Å². The van der Waals surface area contributed by atoms with Gasteiger partial charge in [-0.1, -0.05) is 29.8 Å². The molecule has 2 aromatic rings. The van der Waals surface area contributed by atoms with Gasteiger partial charge in [0, 0.05) is 18.8 Å². The highest BCUT2D eigenvalue weighted by Crippen LogP contribution is 2.17. The number of sulfonamides is 1. The average molecular weight is 392 g/mol. The van der Waals surface area contributed by atoms with Crippen LogP contribution in [0.25, 0.3) is 0 Å². The van der Waals surface area contributed by atoms with Crippen LogP contribution in [0.3, 0.4) is 0 Å². The molecule has 0 unspecified atom stereocenters. The van der Waals surface area contributed by atoms with Gasteiger partial charge in [0.1, 0.15) is 17.2 Å². The number of aromatic carboxylic acids is 1. The number of hydrogen-bond donors (Lipinski definition) is 2. The molecule has 2 rings (SSSR count). The van der Waals surface area contributed by atoms with Crippen LogP contribution in [-0.2, 0) is 23.1 Å². The summed E-state index contributed by atoms with van der Waals surface area (Å²) in [5.74, 6) is -0.753. The Labute approximate surface area is 159 Å². The molecule has 8 nitrogen and oxygen atoms in total. The van der Waals surface area contributed by atoms with Gasteiger partial charge in [-0.05, 0) is 26.3 Å². The van der Waals surface area contributed by atoms with Gasteiger partial charge in [0.25, 0.3) is 0 Å². The molecule has 1 aromatic heterocycles. The highest BCUT2D eigenvalue weighted by atomic mass is 32.2. The normalized spacial score (nSPS) is 11.8. The first kappa shape index (κ1) is 20.8. The first-order valence-electron chi connectivity index (χ1n) is 8.42. The van der Waals surface area contributed by atoms with Crippen molar-refractivity contribution in [2.75, 3.05) is 11.6 Å². The minimum Gasteiger partial charge on any atom is -0.477 e. The van der Waals surface area contributed by atoms with Crippen LogP contribution in [0.2, 0.25) is 0 Å². The maximum atomic E-state index is 12.2. The van der Waals surface area contributed by atoms with Gasteiger partial charge in [-0.2, -0.15) is 4.31 Å². The number of nitrogens with zero attached hydrogens (tertiary/aromatic N) is 3. The van der Waals surface area contributed by atoms with Crippen LogP contribution in [0.1, 0.15) is 41.2 Å². The number of benzene rings is 1. The van der Waals surface area contributed by atoms with Crippen molar-refractivity contribution in [3.63, 3.8) is 0 Å². The van der Waals surface area contributed by atoms with Crippen LogP contribution in [-0.4, -0.2) is 46.1 Å². The fourth-order valence-electron chi connectivity index (χ4n) is 2.38. The Morgan fingerprint density at radius 1 is 1.22 bits per heavy atom. The first-order chi connectivity index (χ1) is 12.6. The lowest BCUT2D eigenvalue weighted by Crippen LogP contribution is -2.30. The molecule has 0 aliphatic heterocycles. The van der Waals surface area contributed by atoms with Crippen LogP contribution in [0.15, 0.2) is 30.5 Å². The molecule has 0 saturated heterocycles. The lowest BCUT2D eigenvalue weighted by molar-refractivity contribution is 0.0697. The lowest BCUT2D eigenvalue weighted by atomic mass is 10.1. The molecule has 0 amide bonds. The number of carboxylic acids is 1. The van der Waals surface area contributed by atoms with Crippen molar-refractivity contribution in [2.24, 2.45) is 0 Å². The Hall–Kier alpha value is -2.52. The molecule has 0 aliphatic rings. The number of aromatic nitrogens is 2. The van der Waals surface area contributed by atoms with Crippen molar-refractivity contribution in [2.45, 2.75) is 39.9 Å². The predicted octanol–water partition coefficient (Wildman–Crippen LogP) is 2.27. The Balaban J connectivity index is 2.31. The quantitative estimate of drug-likeness (QED) is 0.708. The summed E-state index contributed by atoms with van der Waals surface area (Å²) < 4.78 is 25.7. The van der Waals surface area contributed by atoms with Crippen molar-refractivity contribution >= 4 is 21.8 Å². The zero-order chi connectivity index (χ0) is 20.2. The molecule has 27 heavy (non-hydrogen) atoms. The van der Waals surface area contributed by atoms with Gasteiger partial charge in [-0.25, -0.2) is 23.2 Å². The van der Waals surface area contributed by atoms with Gasteiger partial charge in [0.2, 0.25) is 10.0 Å². The first-order valence-corrected chi connectivity index (χ1v) is 10.3. The second-order valence-electron chi connectivity index (χ2n) is 6.67. The lowest BCUT2D eigenvalue weighted by Gasteiger charge is -2.20. The summed E-state index contributed by atoms with van der Waals surface area (Å²) in [4.78, 5) is 19.6. The average Bonchev–Trinajstić information content (AvgIpc) is 2.54. The summed E-state index contributed by atoms with van der Waals surface area (Å²) in [5, 5.41) is 12.2. The minimum atomic E-state index is -3.52. The molecule has 0 fully saturated rings. The fraction of sp³-hybridized carbons (Fsp3) is 0.389. The topological polar surface area (TPSA) is 112 Å². The number of hydrogen-bond acceptors (Lipinski definition) is 6. The number of nitrogens with one attached hydrogen (secondary N) is 1. The van der Waals surface area contributed by atoms with Gasteiger partial charge in [-0.3, -0.25) is 0 Å². The Kier molecular flexibility index (Phi) is 6.50. The van der Waals surface area contributed by atoms with E-state index in [0.717, 1.165) is 17.4 Å². The third kappa shape index (κ3) is 6.00. The van der Waals surface area contributed by atoms with Gasteiger partial charge in [-0.15, -0.1) is 0 Å². The second kappa shape index (κ2) is 8.45. The highest BCUT2D eigenvalue weighted by Gasteiger charge is 2.21. The third-order valence-corrected chi connectivity index (χ3v) is 4.96. The van der Waals surface area contributed by atoms with E-state index >= 15 is 0 Å². The molecule has 2 N–H and O–H groups in total. The van der Waals surface area contributed by atoms with E-state index in [2.05, 4.69) is 15.3 Å². The predicted molar refractivity (Wildman–Crippen MR) is 103 cm³/mol. The molecule has 0 bridgehead atoms. The SMILES string of the molecule is Cc1ccc(CN(Cc2ncc(C(=O)O)c(NC(C)C)n2)S(C)(=O)=O)cc1. The molecular weight excluding hydrogens is 368 g/mol. The van der Waals surface area contributed by atoms with E-state index < -0.39 is 16.0 Å². The Bertz CT molecular complexity index is 911. The van der Waals surface area contributed by atoms with E-state index in [0.29, 0.717) is 0 Å². The number of aryl methyl sites for hydroxylation is 1. The number of anilines is 1. The molecule has 9 heteroatoms. The molecule has 1 aromatic carbocycles. The molecule has 1 heterocycles. The molecule has 0 aliphatic carbocycles. The van der Waals surface area contributed by atoms with Crippen LogP contribution < -0.4 is 5.32 Å². The van der Waals surface area contributed by atoms with Gasteiger partial charge in [0.15, 0.2) is 0 Å². The summed E-state index contributed by atoms with van der Waals surface area (Å²) in [7, 11) is -3.52. The van der Waals surface area contributed by atoms with E-state index in [4.69, 9.17) is 0 Å². The van der Waals surface area contributed by atoms with Crippen LogP contribution in [0.5, 0.6) is 0 Å². The maximum absolute atomic E-state index is 12.2. The summed E-state index contributed by atoms with van der Waals surface area (Å²) in [6, 6.07) is 7.53. The molecule has 0 atom stereocenters. The largest absolute Gasteiger partial charge is 0.477 e. The smallest absolute Gasteiger partial charge is 0.341 e. The fourth-order valence-corrected chi connectivity index (χ4v) is 3.11. The molecule has 0 radical (unpaired) electrons. The van der Waals surface area contributed by atoms with Crippen molar-refractivity contribution < 1.29 is 18.3 Å². The van der Waals surface area contributed by atoms with E-state index in [1.807, 2.05) is 45.0 Å². The minimum absolute atomic E-state index is 0.0376. The zero-order valence-corrected chi connectivity index (χ0v) is 16.6. The molecule has 0 saturated carbocycles. The zero-order valence-electron chi connectivity index (χ0n) is 15.8. The van der Waals surface area contributed by atoms with Crippen LogP contribution in [0.4, 0.5) is 5.82 Å². The van der Waals surface area contributed by atoms with Crippen LogP contribution in [0, 0.1) is 6.92 Å². The van der Waals surface area contributed by atoms with Crippen molar-refractivity contribution in [3.05, 3.63) is 53.0 Å². The number of rotatable bonds is 8. The summed E-state index contributed by atoms with van der Waals surface area (Å²) in [6.07, 6.45) is 2.32. The molecule has 0 spiro atoms. The van der Waals surface area contributed by atoms with Gasteiger partial charge in [0.05, 0.1) is 12.8 Å². The third-order valence-electron chi connectivity index (χ3n) is 3.76. The molecule has 146 valence electrons. The van der Waals surface area contributed by atoms with Crippen molar-refractivity contribution in [3.8, 4) is 0 Å². The Morgan fingerprint density at radius 3 is 2.37 bits per heavy atom. The van der Waals surface area contributed by atoms with Gasteiger partial charge < -0.3 is 10.4 Å². The Morgan fingerprint density at radius 2 is 1.85 bits per heavy atom. The second-order valence-corrected chi connectivity index (χ2v) is 8.65. The highest BCUT2D eigenvalue weighted by molar-refractivity contribution is 7.88. The summed E-state index contributed by atoms with van der Waals surface area (Å²) in [6.45, 7) is 5.79. The van der Waals surface area contributed by atoms with E-state index in [1.165, 1.54) is 10.5 Å². The van der Waals surface area contributed by atoms with E-state index in [9.17, 15) is 18.3 Å². The summed E-state index contributed by atoms with van der Waals surface area (Å²) in [5.41, 5.74) is 1.87. The standard InChI is InChI=1S/C18H24N4O4S/c1-12(2)20-17-15(18(23)24)9-19-16(21-17)11-22(27(4,25)26)10-14-7-5-13(3)6-8-14/h5-9,12H,10-11H2,1-4H3,(H,23,24)(H,19,20,21). The van der Waals surface area contributed by atoms with E-state index in [-0.39, 0.29) is 36.3 Å². The monoisotopic (exact) mass is 392 g/mol. The maximum Gasteiger partial charge on any atom is 0.341 e. The van der Waals surface area contributed by atoms with Crippen molar-refractivity contribution in [1.82, 2.24) is 14.3 Å². The van der Waals surface area contributed by atoms with Crippen LogP contribution >= 0.6 is 0 Å².